The SMILES string of the molecule is Fc1ccc(-c2cc[c]cc2C(F)(F)F)c(Cl)c1. The van der Waals surface area contributed by atoms with E-state index >= 15 is 0 Å². The summed E-state index contributed by atoms with van der Waals surface area (Å²) in [4.78, 5) is 0. The Hall–Kier alpha value is -1.55. The molecule has 0 fully saturated rings. The van der Waals surface area contributed by atoms with Crippen LogP contribution in [0.15, 0.2) is 36.4 Å². The van der Waals surface area contributed by atoms with E-state index in [1.165, 1.54) is 18.2 Å². The van der Waals surface area contributed by atoms with Gasteiger partial charge in [0.2, 0.25) is 0 Å². The minimum Gasteiger partial charge on any atom is -0.207 e. The van der Waals surface area contributed by atoms with Crippen molar-refractivity contribution >= 4 is 11.6 Å². The van der Waals surface area contributed by atoms with Crippen LogP contribution in [0.2, 0.25) is 5.02 Å². The lowest BCUT2D eigenvalue weighted by atomic mass is 9.99. The molecule has 0 unspecified atom stereocenters. The van der Waals surface area contributed by atoms with Crippen LogP contribution in [0.1, 0.15) is 5.56 Å². The predicted molar refractivity (Wildman–Crippen MR) is 60.7 cm³/mol. The van der Waals surface area contributed by atoms with Crippen molar-refractivity contribution in [3.63, 3.8) is 0 Å². The summed E-state index contributed by atoms with van der Waals surface area (Å²) in [7, 11) is 0. The lowest BCUT2D eigenvalue weighted by Crippen LogP contribution is -2.07. The van der Waals surface area contributed by atoms with E-state index in [0.29, 0.717) is 0 Å². The van der Waals surface area contributed by atoms with E-state index in [2.05, 4.69) is 6.07 Å². The summed E-state index contributed by atoms with van der Waals surface area (Å²) in [6.45, 7) is 0. The molecule has 0 heterocycles. The predicted octanol–water partition coefficient (Wildman–Crippen LogP) is 4.97. The summed E-state index contributed by atoms with van der Waals surface area (Å²) in [5.41, 5.74) is -0.802. The quantitative estimate of drug-likeness (QED) is 0.644. The summed E-state index contributed by atoms with van der Waals surface area (Å²) >= 11 is 5.77. The number of rotatable bonds is 1. The van der Waals surface area contributed by atoms with Crippen molar-refractivity contribution in [3.05, 3.63) is 58.9 Å². The third-order valence-corrected chi connectivity index (χ3v) is 2.70. The van der Waals surface area contributed by atoms with Gasteiger partial charge in [0.05, 0.1) is 10.6 Å². The van der Waals surface area contributed by atoms with Crippen LogP contribution in [0.4, 0.5) is 17.6 Å². The molecular weight excluding hydrogens is 268 g/mol. The van der Waals surface area contributed by atoms with Crippen molar-refractivity contribution in [1.29, 1.82) is 0 Å². The standard InChI is InChI=1S/C13H6ClF4/c14-12-7-8(15)5-6-10(12)9-3-1-2-4-11(9)13(16,17)18/h1,3-7H. The molecule has 0 aliphatic carbocycles. The molecule has 2 aromatic rings. The second-order valence-corrected chi connectivity index (χ2v) is 4.00. The summed E-state index contributed by atoms with van der Waals surface area (Å²) < 4.78 is 51.3. The number of halogens is 5. The molecule has 0 atom stereocenters. The largest absolute Gasteiger partial charge is 0.417 e. The van der Waals surface area contributed by atoms with E-state index < -0.39 is 17.6 Å². The van der Waals surface area contributed by atoms with Crippen LogP contribution in [-0.4, -0.2) is 0 Å². The number of benzene rings is 2. The Balaban J connectivity index is 2.64. The van der Waals surface area contributed by atoms with Crippen molar-refractivity contribution in [2.24, 2.45) is 0 Å². The maximum atomic E-state index is 12.9. The highest BCUT2D eigenvalue weighted by molar-refractivity contribution is 6.33. The Morgan fingerprint density at radius 3 is 2.39 bits per heavy atom. The van der Waals surface area contributed by atoms with Crippen molar-refractivity contribution < 1.29 is 17.6 Å². The van der Waals surface area contributed by atoms with Gasteiger partial charge in [-0.25, -0.2) is 4.39 Å². The summed E-state index contributed by atoms with van der Waals surface area (Å²) in [6, 6.07) is 9.09. The molecule has 5 heteroatoms. The minimum absolute atomic E-state index is 0.0632. The van der Waals surface area contributed by atoms with Crippen molar-refractivity contribution in [2.75, 3.05) is 0 Å². The first-order valence-corrected chi connectivity index (χ1v) is 5.30. The van der Waals surface area contributed by atoms with Gasteiger partial charge in [-0.1, -0.05) is 23.7 Å². The van der Waals surface area contributed by atoms with E-state index in [1.54, 1.807) is 0 Å². The highest BCUT2D eigenvalue weighted by Gasteiger charge is 2.33. The molecule has 1 radical (unpaired) electrons. The third kappa shape index (κ3) is 2.48. The van der Waals surface area contributed by atoms with Gasteiger partial charge < -0.3 is 0 Å². The minimum atomic E-state index is -4.51. The molecule has 0 saturated heterocycles. The summed E-state index contributed by atoms with van der Waals surface area (Å²) in [5.74, 6) is -0.597. The van der Waals surface area contributed by atoms with Gasteiger partial charge in [0.25, 0.3) is 0 Å². The molecule has 0 aliphatic rings. The van der Waals surface area contributed by atoms with Crippen LogP contribution in [0.3, 0.4) is 0 Å². The molecule has 0 amide bonds. The van der Waals surface area contributed by atoms with E-state index in [4.69, 9.17) is 11.6 Å². The zero-order valence-electron chi connectivity index (χ0n) is 8.85. The molecule has 0 saturated carbocycles. The Bertz CT molecular complexity index is 575. The maximum Gasteiger partial charge on any atom is 0.417 e. The number of hydrogen-bond donors (Lipinski definition) is 0. The molecule has 2 rings (SSSR count). The van der Waals surface area contributed by atoms with E-state index in [-0.39, 0.29) is 16.1 Å². The van der Waals surface area contributed by atoms with Crippen LogP contribution in [0, 0.1) is 11.9 Å². The first-order valence-electron chi connectivity index (χ1n) is 4.92. The average molecular weight is 274 g/mol. The summed E-state index contributed by atoms with van der Waals surface area (Å²) in [6.07, 6.45) is -4.51. The molecule has 18 heavy (non-hydrogen) atoms. The molecule has 0 bridgehead atoms. The maximum absolute atomic E-state index is 12.9. The normalized spacial score (nSPS) is 11.6. The number of hydrogen-bond acceptors (Lipinski definition) is 0. The number of alkyl halides is 3. The fourth-order valence-corrected chi connectivity index (χ4v) is 1.88. The molecule has 0 nitrogen and oxygen atoms in total. The fourth-order valence-electron chi connectivity index (χ4n) is 1.61. The first-order chi connectivity index (χ1) is 8.39. The van der Waals surface area contributed by atoms with Crippen LogP contribution in [-0.2, 0) is 6.18 Å². The van der Waals surface area contributed by atoms with E-state index in [1.807, 2.05) is 0 Å². The van der Waals surface area contributed by atoms with Gasteiger partial charge in [0.15, 0.2) is 0 Å². The smallest absolute Gasteiger partial charge is 0.207 e. The van der Waals surface area contributed by atoms with Gasteiger partial charge in [-0.3, -0.25) is 0 Å². The molecule has 0 aromatic heterocycles. The van der Waals surface area contributed by atoms with E-state index in [9.17, 15) is 17.6 Å². The Morgan fingerprint density at radius 1 is 1.06 bits per heavy atom. The average Bonchev–Trinajstić information content (AvgIpc) is 2.28. The molecule has 2 aromatic carbocycles. The first kappa shape index (κ1) is 12.9. The van der Waals surface area contributed by atoms with Crippen LogP contribution in [0.5, 0.6) is 0 Å². The zero-order valence-corrected chi connectivity index (χ0v) is 9.61. The molecular formula is C13H6ClF4. The fraction of sp³-hybridized carbons (Fsp3) is 0.0769. The van der Waals surface area contributed by atoms with Crippen LogP contribution < -0.4 is 0 Å². The highest BCUT2D eigenvalue weighted by Crippen LogP contribution is 2.39. The zero-order chi connectivity index (χ0) is 13.3. The molecule has 93 valence electrons. The molecule has 0 spiro atoms. The monoisotopic (exact) mass is 273 g/mol. The lowest BCUT2D eigenvalue weighted by Gasteiger charge is -2.13. The Labute approximate surface area is 106 Å². The van der Waals surface area contributed by atoms with Crippen molar-refractivity contribution in [3.8, 4) is 11.1 Å². The van der Waals surface area contributed by atoms with Gasteiger partial charge >= 0.3 is 6.18 Å². The molecule has 0 aliphatic heterocycles. The van der Waals surface area contributed by atoms with E-state index in [0.717, 1.165) is 18.2 Å². The van der Waals surface area contributed by atoms with Crippen molar-refractivity contribution in [2.45, 2.75) is 6.18 Å². The van der Waals surface area contributed by atoms with Gasteiger partial charge in [0, 0.05) is 5.56 Å². The van der Waals surface area contributed by atoms with Gasteiger partial charge in [-0.15, -0.1) is 0 Å². The van der Waals surface area contributed by atoms with Gasteiger partial charge in [-0.2, -0.15) is 13.2 Å². The second kappa shape index (κ2) is 4.61. The van der Waals surface area contributed by atoms with Crippen LogP contribution in [0.25, 0.3) is 11.1 Å². The Kier molecular flexibility index (Phi) is 3.30. The Morgan fingerprint density at radius 2 is 1.78 bits per heavy atom. The lowest BCUT2D eigenvalue weighted by molar-refractivity contribution is -0.137. The second-order valence-electron chi connectivity index (χ2n) is 3.59. The van der Waals surface area contributed by atoms with Gasteiger partial charge in [-0.05, 0) is 35.9 Å². The van der Waals surface area contributed by atoms with Crippen molar-refractivity contribution in [1.82, 2.24) is 0 Å². The highest BCUT2D eigenvalue weighted by atomic mass is 35.5. The topological polar surface area (TPSA) is 0 Å². The molecule has 0 N–H and O–H groups in total. The third-order valence-electron chi connectivity index (χ3n) is 2.39. The van der Waals surface area contributed by atoms with Crippen LogP contribution >= 0.6 is 11.6 Å². The summed E-state index contributed by atoms with van der Waals surface area (Å²) in [5, 5.41) is -0.0632. The van der Waals surface area contributed by atoms with Gasteiger partial charge in [0.1, 0.15) is 5.82 Å².